The first-order valence-electron chi connectivity index (χ1n) is 7.07. The maximum Gasteiger partial charge on any atom is 0.275 e. The van der Waals surface area contributed by atoms with Crippen molar-refractivity contribution in [2.24, 2.45) is 0 Å². The summed E-state index contributed by atoms with van der Waals surface area (Å²) in [6.45, 7) is 0. The highest BCUT2D eigenvalue weighted by Gasteiger charge is 2.14. The largest absolute Gasteiger partial charge is 0.321 e. The molecule has 0 aliphatic rings. The Kier molecular flexibility index (Phi) is 5.87. The Hall–Kier alpha value is -1.30. The SMILES string of the molecule is O=C(Nc1ccc(Cl)c(Cl)c1)c1csc(Cc2c(Cl)cccc2Cl)n1. The van der Waals surface area contributed by atoms with E-state index in [-0.39, 0.29) is 5.91 Å². The Balaban J connectivity index is 1.74. The number of aromatic nitrogens is 1. The van der Waals surface area contributed by atoms with Gasteiger partial charge in [-0.05, 0) is 35.9 Å². The van der Waals surface area contributed by atoms with Crippen LogP contribution in [0.3, 0.4) is 0 Å². The molecule has 0 saturated carbocycles. The molecule has 1 heterocycles. The zero-order chi connectivity index (χ0) is 18.0. The Labute approximate surface area is 168 Å². The number of thiazole rings is 1. The van der Waals surface area contributed by atoms with Crippen molar-refractivity contribution < 1.29 is 4.79 Å². The van der Waals surface area contributed by atoms with E-state index < -0.39 is 0 Å². The summed E-state index contributed by atoms with van der Waals surface area (Å²) in [5, 5.41) is 7.11. The number of hydrogen-bond donors (Lipinski definition) is 1. The van der Waals surface area contributed by atoms with Gasteiger partial charge in [0.2, 0.25) is 0 Å². The van der Waals surface area contributed by atoms with Crippen molar-refractivity contribution >= 4 is 69.3 Å². The molecule has 0 aliphatic carbocycles. The summed E-state index contributed by atoms with van der Waals surface area (Å²) < 4.78 is 0. The van der Waals surface area contributed by atoms with Gasteiger partial charge in [-0.1, -0.05) is 52.5 Å². The molecule has 0 fully saturated rings. The summed E-state index contributed by atoms with van der Waals surface area (Å²) in [6.07, 6.45) is 0.462. The summed E-state index contributed by atoms with van der Waals surface area (Å²) in [7, 11) is 0. The molecule has 0 atom stereocenters. The quantitative estimate of drug-likeness (QED) is 0.505. The lowest BCUT2D eigenvalue weighted by atomic mass is 10.1. The second-order valence-electron chi connectivity index (χ2n) is 5.09. The van der Waals surface area contributed by atoms with Crippen LogP contribution in [0.25, 0.3) is 0 Å². The van der Waals surface area contributed by atoms with Crippen LogP contribution in [-0.4, -0.2) is 10.9 Å². The highest BCUT2D eigenvalue weighted by Crippen LogP contribution is 2.28. The molecule has 3 aromatic rings. The van der Waals surface area contributed by atoms with Gasteiger partial charge in [-0.25, -0.2) is 4.98 Å². The van der Waals surface area contributed by atoms with Gasteiger partial charge in [0.15, 0.2) is 0 Å². The number of benzene rings is 2. The lowest BCUT2D eigenvalue weighted by Crippen LogP contribution is -2.12. The molecular weight excluding hydrogens is 422 g/mol. The van der Waals surface area contributed by atoms with Gasteiger partial charge in [0.1, 0.15) is 5.69 Å². The molecule has 0 bridgehead atoms. The van der Waals surface area contributed by atoms with Crippen LogP contribution in [0.4, 0.5) is 5.69 Å². The van der Waals surface area contributed by atoms with Crippen molar-refractivity contribution in [1.82, 2.24) is 4.98 Å². The first-order chi connectivity index (χ1) is 11.9. The average molecular weight is 432 g/mol. The number of anilines is 1. The van der Waals surface area contributed by atoms with Crippen LogP contribution in [0.2, 0.25) is 20.1 Å². The summed E-state index contributed by atoms with van der Waals surface area (Å²) in [6, 6.07) is 10.2. The van der Waals surface area contributed by atoms with Crippen molar-refractivity contribution in [3.05, 3.63) is 78.1 Å². The van der Waals surface area contributed by atoms with Crippen LogP contribution in [0.15, 0.2) is 41.8 Å². The van der Waals surface area contributed by atoms with Gasteiger partial charge < -0.3 is 5.32 Å². The second kappa shape index (κ2) is 7.94. The molecule has 0 spiro atoms. The van der Waals surface area contributed by atoms with Crippen molar-refractivity contribution in [3.63, 3.8) is 0 Å². The minimum Gasteiger partial charge on any atom is -0.321 e. The monoisotopic (exact) mass is 430 g/mol. The molecule has 1 aromatic heterocycles. The number of nitrogens with zero attached hydrogens (tertiary/aromatic N) is 1. The van der Waals surface area contributed by atoms with E-state index in [0.29, 0.717) is 37.9 Å². The number of halogens is 4. The van der Waals surface area contributed by atoms with E-state index >= 15 is 0 Å². The maximum atomic E-state index is 12.3. The van der Waals surface area contributed by atoms with Crippen molar-refractivity contribution in [2.75, 3.05) is 5.32 Å². The van der Waals surface area contributed by atoms with E-state index in [1.54, 1.807) is 41.8 Å². The number of carbonyl (C=O) groups excluding carboxylic acids is 1. The zero-order valence-electron chi connectivity index (χ0n) is 12.5. The van der Waals surface area contributed by atoms with Gasteiger partial charge in [0, 0.05) is 27.5 Å². The number of carbonyl (C=O) groups is 1. The molecular formula is C17H10Cl4N2OS. The average Bonchev–Trinajstić information content (AvgIpc) is 3.03. The van der Waals surface area contributed by atoms with Crippen molar-refractivity contribution in [2.45, 2.75) is 6.42 Å². The van der Waals surface area contributed by atoms with E-state index in [9.17, 15) is 4.79 Å². The van der Waals surface area contributed by atoms with E-state index in [1.165, 1.54) is 11.3 Å². The fourth-order valence-corrected chi connectivity index (χ4v) is 3.73. The van der Waals surface area contributed by atoms with Gasteiger partial charge in [-0.3, -0.25) is 4.79 Å². The molecule has 25 heavy (non-hydrogen) atoms. The molecule has 3 rings (SSSR count). The normalized spacial score (nSPS) is 10.7. The van der Waals surface area contributed by atoms with E-state index in [2.05, 4.69) is 10.3 Å². The Morgan fingerprint density at radius 1 is 1.00 bits per heavy atom. The minimum absolute atomic E-state index is 0.314. The van der Waals surface area contributed by atoms with Crippen LogP contribution >= 0.6 is 57.7 Å². The lowest BCUT2D eigenvalue weighted by Gasteiger charge is -2.05. The van der Waals surface area contributed by atoms with Gasteiger partial charge >= 0.3 is 0 Å². The van der Waals surface area contributed by atoms with E-state index in [4.69, 9.17) is 46.4 Å². The van der Waals surface area contributed by atoms with Gasteiger partial charge in [-0.15, -0.1) is 11.3 Å². The highest BCUT2D eigenvalue weighted by atomic mass is 35.5. The van der Waals surface area contributed by atoms with E-state index in [0.717, 1.165) is 10.6 Å². The third kappa shape index (κ3) is 4.46. The van der Waals surface area contributed by atoms with Crippen LogP contribution in [-0.2, 0) is 6.42 Å². The Morgan fingerprint density at radius 2 is 1.72 bits per heavy atom. The first-order valence-corrected chi connectivity index (χ1v) is 9.47. The Bertz CT molecular complexity index is 922. The topological polar surface area (TPSA) is 42.0 Å². The Morgan fingerprint density at radius 3 is 2.40 bits per heavy atom. The predicted molar refractivity (Wildman–Crippen MR) is 106 cm³/mol. The highest BCUT2D eigenvalue weighted by molar-refractivity contribution is 7.09. The lowest BCUT2D eigenvalue weighted by molar-refractivity contribution is 0.102. The van der Waals surface area contributed by atoms with Crippen molar-refractivity contribution in [1.29, 1.82) is 0 Å². The second-order valence-corrected chi connectivity index (χ2v) is 7.66. The molecule has 8 heteroatoms. The number of amides is 1. The molecule has 0 radical (unpaired) electrons. The molecule has 2 aromatic carbocycles. The molecule has 1 N–H and O–H groups in total. The standard InChI is InChI=1S/C17H10Cl4N2OS/c18-11-2-1-3-12(19)10(11)7-16-23-15(8-25-16)17(24)22-9-4-5-13(20)14(21)6-9/h1-6,8H,7H2,(H,22,24). The molecule has 1 amide bonds. The predicted octanol–water partition coefficient (Wildman–Crippen LogP) is 6.60. The van der Waals surface area contributed by atoms with E-state index in [1.807, 2.05) is 0 Å². The molecule has 0 aliphatic heterocycles. The van der Waals surface area contributed by atoms with Crippen LogP contribution in [0.1, 0.15) is 21.1 Å². The number of rotatable bonds is 4. The third-order valence-corrected chi connectivity index (χ3v) is 5.65. The minimum atomic E-state index is -0.328. The summed E-state index contributed by atoms with van der Waals surface area (Å²) >= 11 is 25.5. The summed E-state index contributed by atoms with van der Waals surface area (Å²) in [5.74, 6) is -0.328. The third-order valence-electron chi connectivity index (χ3n) is 3.35. The van der Waals surface area contributed by atoms with Gasteiger partial charge in [0.05, 0.1) is 15.1 Å². The van der Waals surface area contributed by atoms with Crippen LogP contribution in [0.5, 0.6) is 0 Å². The first kappa shape index (κ1) is 18.5. The fraction of sp³-hybridized carbons (Fsp3) is 0.0588. The van der Waals surface area contributed by atoms with Gasteiger partial charge in [-0.2, -0.15) is 0 Å². The number of nitrogens with one attached hydrogen (secondary N) is 1. The van der Waals surface area contributed by atoms with Gasteiger partial charge in [0.25, 0.3) is 5.91 Å². The number of hydrogen-bond acceptors (Lipinski definition) is 3. The molecule has 128 valence electrons. The van der Waals surface area contributed by atoms with Crippen LogP contribution in [0, 0.1) is 0 Å². The summed E-state index contributed by atoms with van der Waals surface area (Å²) in [4.78, 5) is 16.7. The molecule has 3 nitrogen and oxygen atoms in total. The summed E-state index contributed by atoms with van der Waals surface area (Å²) in [5.41, 5.74) is 1.65. The maximum absolute atomic E-state index is 12.3. The van der Waals surface area contributed by atoms with Crippen molar-refractivity contribution in [3.8, 4) is 0 Å². The molecule has 0 unspecified atom stereocenters. The van der Waals surface area contributed by atoms with Crippen LogP contribution < -0.4 is 5.32 Å². The fourth-order valence-electron chi connectivity index (χ4n) is 2.12. The molecule has 0 saturated heterocycles. The smallest absolute Gasteiger partial charge is 0.275 e. The zero-order valence-corrected chi connectivity index (χ0v) is 16.4.